The summed E-state index contributed by atoms with van der Waals surface area (Å²) < 4.78 is 62.4. The number of aryl methyl sites for hydroxylation is 1. The number of nitrogens with zero attached hydrogens (tertiary/aromatic N) is 5. The first-order valence-electron chi connectivity index (χ1n) is 15.3. The van der Waals surface area contributed by atoms with Crippen LogP contribution in [0.4, 0.5) is 31.9 Å². The lowest BCUT2D eigenvalue weighted by atomic mass is 10.0. The molecule has 0 unspecified atom stereocenters. The van der Waals surface area contributed by atoms with Gasteiger partial charge in [0.05, 0.1) is 21.8 Å². The highest BCUT2D eigenvalue weighted by Crippen LogP contribution is 2.56. The normalized spacial score (nSPS) is 15.9. The number of methoxy groups -OCH3 is 1. The van der Waals surface area contributed by atoms with E-state index < -0.39 is 36.8 Å². The zero-order valence-corrected chi connectivity index (χ0v) is 28.3. The number of carbonyl (C=O) groups excluding carboxylic acids is 1. The topological polar surface area (TPSA) is 185 Å². The van der Waals surface area contributed by atoms with Crippen LogP contribution in [0.25, 0.3) is 0 Å². The van der Waals surface area contributed by atoms with Crippen LogP contribution in [-0.2, 0) is 19.4 Å². The summed E-state index contributed by atoms with van der Waals surface area (Å²) in [4.78, 5) is 32.9. The van der Waals surface area contributed by atoms with Crippen molar-refractivity contribution in [2.75, 3.05) is 30.4 Å². The molecule has 258 valence electrons. The van der Waals surface area contributed by atoms with Crippen molar-refractivity contribution in [2.24, 2.45) is 0 Å². The van der Waals surface area contributed by atoms with Crippen molar-refractivity contribution < 1.29 is 31.7 Å². The molecule has 1 aliphatic carbocycles. The van der Waals surface area contributed by atoms with E-state index in [1.54, 1.807) is 6.07 Å². The van der Waals surface area contributed by atoms with Crippen LogP contribution in [0, 0.1) is 28.7 Å². The van der Waals surface area contributed by atoms with Gasteiger partial charge in [0.15, 0.2) is 32.4 Å². The second-order valence-corrected chi connectivity index (χ2v) is 15.1. The summed E-state index contributed by atoms with van der Waals surface area (Å²) in [5.74, 6) is -0.728. The Morgan fingerprint density at radius 2 is 1.90 bits per heavy atom. The summed E-state index contributed by atoms with van der Waals surface area (Å²) in [7, 11) is -2.87. The fraction of sp³-hybridized carbons (Fsp3) is 0.355. The third kappa shape index (κ3) is 6.61. The van der Waals surface area contributed by atoms with Crippen LogP contribution in [0.2, 0.25) is 0 Å². The lowest BCUT2D eigenvalue weighted by molar-refractivity contribution is -0.387. The molecular weight excluding hydrogens is 683 g/mol. The molecule has 14 nitrogen and oxygen atoms in total. The number of H-pyrrole nitrogens is 1. The number of aromatic amines is 1. The minimum atomic E-state index is -4.35. The number of nitro groups is 1. The molecule has 4 aromatic rings. The van der Waals surface area contributed by atoms with Crippen LogP contribution in [0.5, 0.6) is 5.75 Å². The first kappa shape index (κ1) is 34.0. The summed E-state index contributed by atoms with van der Waals surface area (Å²) in [5, 5.41) is 24.5. The number of hydrogen-bond acceptors (Lipinski definition) is 12. The van der Waals surface area contributed by atoms with Crippen LogP contribution in [0.3, 0.4) is 0 Å². The summed E-state index contributed by atoms with van der Waals surface area (Å²) in [5.41, 5.74) is -0.346. The first-order valence-corrected chi connectivity index (χ1v) is 17.6. The summed E-state index contributed by atoms with van der Waals surface area (Å²) in [6, 6.07) is 8.54. The van der Waals surface area contributed by atoms with E-state index in [9.17, 15) is 23.3 Å². The molecule has 1 saturated heterocycles. The van der Waals surface area contributed by atoms with E-state index in [1.165, 1.54) is 38.3 Å². The Morgan fingerprint density at radius 1 is 1.16 bits per heavy atom. The fourth-order valence-electron chi connectivity index (χ4n) is 5.94. The van der Waals surface area contributed by atoms with Crippen molar-refractivity contribution in [1.29, 1.82) is 0 Å². The number of amides is 1. The van der Waals surface area contributed by atoms with Gasteiger partial charge in [0.2, 0.25) is 17.5 Å². The van der Waals surface area contributed by atoms with E-state index in [0.29, 0.717) is 43.3 Å². The lowest BCUT2D eigenvalue weighted by Gasteiger charge is -2.34. The lowest BCUT2D eigenvalue weighted by Crippen LogP contribution is -2.44. The number of carbonyl (C=O) groups is 1. The van der Waals surface area contributed by atoms with Crippen LogP contribution in [0.1, 0.15) is 43.9 Å². The minimum Gasteiger partial charge on any atom is -0.490 e. The van der Waals surface area contributed by atoms with Crippen LogP contribution >= 0.6 is 11.8 Å². The third-order valence-electron chi connectivity index (χ3n) is 8.48. The molecule has 49 heavy (non-hydrogen) atoms. The van der Waals surface area contributed by atoms with Crippen LogP contribution in [-0.4, -0.2) is 65.7 Å². The van der Waals surface area contributed by atoms with Crippen molar-refractivity contribution in [3.05, 3.63) is 75.5 Å². The van der Waals surface area contributed by atoms with E-state index in [2.05, 4.69) is 25.8 Å². The largest absolute Gasteiger partial charge is 0.490 e. The molecule has 0 spiro atoms. The first-order chi connectivity index (χ1) is 23.3. The number of ether oxygens (including phenoxy) is 1. The van der Waals surface area contributed by atoms with Gasteiger partial charge in [0, 0.05) is 49.4 Å². The Hall–Kier alpha value is -4.84. The van der Waals surface area contributed by atoms with Gasteiger partial charge in [0.25, 0.3) is 0 Å². The number of piperidine rings is 1. The molecule has 1 aliphatic heterocycles. The Labute approximate surface area is 284 Å². The molecule has 6 rings (SSSR count). The maximum Gasteiger partial charge on any atom is 0.305 e. The Balaban J connectivity index is 1.32. The van der Waals surface area contributed by atoms with Gasteiger partial charge in [-0.25, -0.2) is 22.8 Å². The molecule has 0 bridgehead atoms. The molecule has 0 atom stereocenters. The number of nitro benzene ring substituents is 1. The van der Waals surface area contributed by atoms with Gasteiger partial charge in [-0.2, -0.15) is 9.49 Å². The molecule has 1 amide bonds. The number of aromatic nitrogens is 4. The quantitative estimate of drug-likeness (QED) is 0.105. The molecule has 3 heterocycles. The van der Waals surface area contributed by atoms with Gasteiger partial charge >= 0.3 is 5.69 Å². The number of sulfone groups is 1. The van der Waals surface area contributed by atoms with Crippen molar-refractivity contribution in [1.82, 2.24) is 25.5 Å². The average molecular weight is 715 g/mol. The number of halogens is 2. The monoisotopic (exact) mass is 714 g/mol. The molecule has 2 aromatic carbocycles. The van der Waals surface area contributed by atoms with Gasteiger partial charge in [-0.05, 0) is 62.6 Å². The van der Waals surface area contributed by atoms with Crippen molar-refractivity contribution in [3.63, 3.8) is 0 Å². The molecule has 0 radical (unpaired) electrons. The standard InChI is InChI=1S/C31H32F2N8O6S2/c1-17-15-25(39-38-17)35-28-27(47-3)29(40-13-9-19(10-14-40)34-18(2)42)37-30(36-28)48-24-8-7-20(16-22(24)32)49(45,46)31(11-12-31)21-5-4-6-23(26(21)33)41(43)44/h4-8,15-16,19H,9-14H2,1-3H3,(H,34,42)(H2,35,36,37,38,39). The van der Waals surface area contributed by atoms with Gasteiger partial charge in [-0.1, -0.05) is 12.1 Å². The van der Waals surface area contributed by atoms with Crippen molar-refractivity contribution in [2.45, 2.75) is 65.3 Å². The van der Waals surface area contributed by atoms with Gasteiger partial charge in [0.1, 0.15) is 10.6 Å². The van der Waals surface area contributed by atoms with E-state index in [4.69, 9.17) is 9.72 Å². The molecule has 1 saturated carbocycles. The molecule has 2 aromatic heterocycles. The zero-order valence-electron chi connectivity index (χ0n) is 26.6. The third-order valence-corrected chi connectivity index (χ3v) is 11.9. The number of rotatable bonds is 11. The van der Waals surface area contributed by atoms with Crippen molar-refractivity contribution in [3.8, 4) is 5.75 Å². The summed E-state index contributed by atoms with van der Waals surface area (Å²) in [6.07, 6.45) is 1.37. The summed E-state index contributed by atoms with van der Waals surface area (Å²) in [6.45, 7) is 4.38. The van der Waals surface area contributed by atoms with Crippen LogP contribution < -0.4 is 20.3 Å². The average Bonchev–Trinajstić information content (AvgIpc) is 3.78. The van der Waals surface area contributed by atoms with Gasteiger partial charge < -0.3 is 20.3 Å². The highest BCUT2D eigenvalue weighted by atomic mass is 32.2. The Morgan fingerprint density at radius 3 is 2.49 bits per heavy atom. The van der Waals surface area contributed by atoms with Crippen molar-refractivity contribution >= 4 is 50.6 Å². The maximum atomic E-state index is 15.7. The minimum absolute atomic E-state index is 0.00669. The number of anilines is 3. The number of hydrogen-bond donors (Lipinski definition) is 3. The summed E-state index contributed by atoms with van der Waals surface area (Å²) >= 11 is 0.862. The molecule has 2 aliphatic rings. The second-order valence-electron chi connectivity index (χ2n) is 11.8. The Bertz CT molecular complexity index is 2050. The highest BCUT2D eigenvalue weighted by Gasteiger charge is 2.58. The smallest absolute Gasteiger partial charge is 0.305 e. The fourth-order valence-corrected chi connectivity index (χ4v) is 8.74. The van der Waals surface area contributed by atoms with Gasteiger partial charge in [-0.3, -0.25) is 20.0 Å². The number of nitrogens with one attached hydrogen (secondary N) is 3. The van der Waals surface area contributed by atoms with Crippen LogP contribution in [0.15, 0.2) is 57.4 Å². The van der Waals surface area contributed by atoms with E-state index in [-0.39, 0.29) is 51.1 Å². The SMILES string of the molecule is COc1c(Nc2cc(C)[nH]n2)nc(Sc2ccc(S(=O)(=O)C3(c4cccc([N+](=O)[O-])c4F)CC3)cc2F)nc1N1CCC(NC(C)=O)CC1. The molecule has 2 fully saturated rings. The highest BCUT2D eigenvalue weighted by molar-refractivity contribution is 7.99. The second kappa shape index (κ2) is 13.2. The molecular formula is C31H32F2N8O6S2. The van der Waals surface area contributed by atoms with E-state index in [0.717, 1.165) is 29.6 Å². The Kier molecular flexibility index (Phi) is 9.19. The van der Waals surface area contributed by atoms with E-state index in [1.807, 2.05) is 11.8 Å². The number of benzene rings is 2. The maximum absolute atomic E-state index is 15.7. The predicted molar refractivity (Wildman–Crippen MR) is 176 cm³/mol. The predicted octanol–water partition coefficient (Wildman–Crippen LogP) is 5.17. The van der Waals surface area contributed by atoms with E-state index >= 15 is 8.78 Å². The molecule has 18 heteroatoms. The van der Waals surface area contributed by atoms with Gasteiger partial charge in [-0.15, -0.1) is 0 Å². The zero-order chi connectivity index (χ0) is 35.1. The molecule has 3 N–H and O–H groups in total.